The van der Waals surface area contributed by atoms with Gasteiger partial charge in [0.15, 0.2) is 0 Å². The van der Waals surface area contributed by atoms with Crippen LogP contribution in [-0.2, 0) is 9.53 Å². The number of amides is 1. The number of rotatable bonds is 8. The molecular formula is C26H30N4O3. The monoisotopic (exact) mass is 446 g/mol. The first-order valence-electron chi connectivity index (χ1n) is 11.6. The minimum absolute atomic E-state index is 0.160. The van der Waals surface area contributed by atoms with E-state index < -0.39 is 0 Å². The highest BCUT2D eigenvalue weighted by molar-refractivity contribution is 5.94. The number of anilines is 1. The van der Waals surface area contributed by atoms with Crippen LogP contribution in [0.25, 0.3) is 22.5 Å². The van der Waals surface area contributed by atoms with Crippen molar-refractivity contribution in [1.29, 1.82) is 0 Å². The average molecular weight is 447 g/mol. The Balaban J connectivity index is 1.36. The molecule has 2 N–H and O–H groups in total. The van der Waals surface area contributed by atoms with Crippen molar-refractivity contribution in [3.63, 3.8) is 0 Å². The maximum atomic E-state index is 12.3. The number of aromatic amines is 1. The van der Waals surface area contributed by atoms with E-state index >= 15 is 0 Å². The third-order valence-corrected chi connectivity index (χ3v) is 5.84. The van der Waals surface area contributed by atoms with E-state index in [0.717, 1.165) is 35.6 Å². The number of carbonyl (C=O) groups is 2. The van der Waals surface area contributed by atoms with E-state index in [-0.39, 0.29) is 24.8 Å². The first-order chi connectivity index (χ1) is 16.1. The minimum atomic E-state index is -0.315. The van der Waals surface area contributed by atoms with Gasteiger partial charge >= 0.3 is 5.97 Å². The number of hydrogen-bond donors (Lipinski definition) is 2. The van der Waals surface area contributed by atoms with E-state index in [2.05, 4.69) is 44.7 Å². The largest absolute Gasteiger partial charge is 0.466 e. The maximum Gasteiger partial charge on any atom is 0.307 e. The molecule has 7 heteroatoms. The van der Waals surface area contributed by atoms with Gasteiger partial charge in [0.2, 0.25) is 0 Å². The van der Waals surface area contributed by atoms with Crippen molar-refractivity contribution in [2.24, 2.45) is 0 Å². The van der Waals surface area contributed by atoms with Gasteiger partial charge in [-0.15, -0.1) is 0 Å². The Kier molecular flexibility index (Phi) is 7.40. The highest BCUT2D eigenvalue weighted by atomic mass is 16.5. The third-order valence-electron chi connectivity index (χ3n) is 5.84. The van der Waals surface area contributed by atoms with E-state index in [1.165, 1.54) is 24.9 Å². The molecule has 1 aromatic heterocycles. The van der Waals surface area contributed by atoms with Crippen molar-refractivity contribution in [3.05, 3.63) is 60.2 Å². The number of benzene rings is 2. The minimum Gasteiger partial charge on any atom is -0.466 e. The van der Waals surface area contributed by atoms with E-state index in [1.54, 1.807) is 19.1 Å². The topological polar surface area (TPSA) is 87.3 Å². The van der Waals surface area contributed by atoms with Gasteiger partial charge in [-0.25, -0.2) is 0 Å². The van der Waals surface area contributed by atoms with Crippen LogP contribution in [0.1, 0.15) is 43.0 Å². The van der Waals surface area contributed by atoms with Gasteiger partial charge in [0.25, 0.3) is 5.91 Å². The molecule has 1 aliphatic rings. The summed E-state index contributed by atoms with van der Waals surface area (Å²) in [5.74, 6) is -0.533. The molecule has 1 fully saturated rings. The molecule has 0 aliphatic carbocycles. The lowest BCUT2D eigenvalue weighted by Gasteiger charge is -2.28. The Morgan fingerprint density at radius 3 is 2.39 bits per heavy atom. The lowest BCUT2D eigenvalue weighted by molar-refractivity contribution is -0.142. The molecule has 2 heterocycles. The van der Waals surface area contributed by atoms with Crippen molar-refractivity contribution >= 4 is 17.6 Å². The highest BCUT2D eigenvalue weighted by Gasteiger charge is 2.12. The van der Waals surface area contributed by atoms with Gasteiger partial charge in [0.05, 0.1) is 24.4 Å². The molecule has 1 amide bonds. The summed E-state index contributed by atoms with van der Waals surface area (Å²) in [4.78, 5) is 26.1. The molecule has 4 rings (SSSR count). The number of nitrogens with one attached hydrogen (secondary N) is 2. The predicted octanol–water partition coefficient (Wildman–Crippen LogP) is 4.42. The average Bonchev–Trinajstić information content (AvgIpc) is 3.35. The van der Waals surface area contributed by atoms with Crippen LogP contribution in [0, 0.1) is 0 Å². The summed E-state index contributed by atoms with van der Waals surface area (Å²) in [6, 6.07) is 17.9. The fourth-order valence-electron chi connectivity index (χ4n) is 4.03. The molecule has 2 aromatic carbocycles. The van der Waals surface area contributed by atoms with Crippen LogP contribution >= 0.6 is 0 Å². The van der Waals surface area contributed by atoms with Gasteiger partial charge in [-0.3, -0.25) is 14.7 Å². The van der Waals surface area contributed by atoms with Crippen LogP contribution in [0.2, 0.25) is 0 Å². The van der Waals surface area contributed by atoms with Crippen molar-refractivity contribution in [3.8, 4) is 22.5 Å². The number of aromatic nitrogens is 2. The Labute approximate surface area is 194 Å². The predicted molar refractivity (Wildman–Crippen MR) is 129 cm³/mol. The fourth-order valence-corrected chi connectivity index (χ4v) is 4.03. The number of carbonyl (C=O) groups excluding carboxylic acids is 2. The zero-order valence-electron chi connectivity index (χ0n) is 19.0. The zero-order valence-corrected chi connectivity index (χ0v) is 19.0. The first-order valence-corrected chi connectivity index (χ1v) is 11.6. The smallest absolute Gasteiger partial charge is 0.307 e. The van der Waals surface area contributed by atoms with Gasteiger partial charge in [0.1, 0.15) is 0 Å². The Bertz CT molecular complexity index is 1070. The van der Waals surface area contributed by atoms with Gasteiger partial charge in [-0.05, 0) is 62.1 Å². The number of esters is 1. The highest BCUT2D eigenvalue weighted by Crippen LogP contribution is 2.27. The van der Waals surface area contributed by atoms with E-state index in [1.807, 2.05) is 18.2 Å². The molecule has 0 bridgehead atoms. The molecule has 0 spiro atoms. The third kappa shape index (κ3) is 5.80. The zero-order chi connectivity index (χ0) is 23.0. The lowest BCUT2D eigenvalue weighted by Crippen LogP contribution is -2.29. The summed E-state index contributed by atoms with van der Waals surface area (Å²) in [5, 5.41) is 10.3. The second kappa shape index (κ2) is 10.8. The molecule has 7 nitrogen and oxygen atoms in total. The summed E-state index contributed by atoms with van der Waals surface area (Å²) in [7, 11) is 0. The quantitative estimate of drug-likeness (QED) is 0.500. The molecule has 1 saturated heterocycles. The number of piperidine rings is 1. The molecule has 0 unspecified atom stereocenters. The SMILES string of the molecule is CCOC(=O)CCNC(=O)c1ccc(-c2cc(-c3ccc(N4CCCCC4)cc3)n[nH]2)cc1. The molecule has 33 heavy (non-hydrogen) atoms. The summed E-state index contributed by atoms with van der Waals surface area (Å²) in [6.07, 6.45) is 4.01. The number of nitrogens with zero attached hydrogens (tertiary/aromatic N) is 2. The van der Waals surface area contributed by atoms with E-state index in [4.69, 9.17) is 4.74 Å². The normalized spacial score (nSPS) is 13.5. The summed E-state index contributed by atoms with van der Waals surface area (Å²) in [5.41, 5.74) is 5.59. The standard InChI is InChI=1S/C26H30N4O3/c1-2-33-25(31)14-15-27-26(32)21-8-6-19(7-9-21)23-18-24(29-28-23)20-10-12-22(13-11-20)30-16-4-3-5-17-30/h6-13,18H,2-5,14-17H2,1H3,(H,27,32)(H,28,29). The second-order valence-corrected chi connectivity index (χ2v) is 8.15. The van der Waals surface area contributed by atoms with Gasteiger partial charge < -0.3 is 15.0 Å². The summed E-state index contributed by atoms with van der Waals surface area (Å²) in [6.45, 7) is 4.61. The maximum absolute atomic E-state index is 12.3. The molecule has 0 atom stereocenters. The van der Waals surface area contributed by atoms with Crippen molar-refractivity contribution in [2.75, 3.05) is 31.1 Å². The number of ether oxygens (including phenoxy) is 1. The number of H-pyrrole nitrogens is 1. The van der Waals surface area contributed by atoms with Crippen molar-refractivity contribution < 1.29 is 14.3 Å². The van der Waals surface area contributed by atoms with Crippen LogP contribution in [-0.4, -0.2) is 48.3 Å². The molecule has 3 aromatic rings. The van der Waals surface area contributed by atoms with Crippen LogP contribution in [0.15, 0.2) is 54.6 Å². The molecule has 0 saturated carbocycles. The van der Waals surface area contributed by atoms with Crippen LogP contribution in [0.4, 0.5) is 5.69 Å². The molecule has 0 radical (unpaired) electrons. The van der Waals surface area contributed by atoms with Crippen LogP contribution in [0.5, 0.6) is 0 Å². The van der Waals surface area contributed by atoms with Crippen molar-refractivity contribution in [2.45, 2.75) is 32.6 Å². The van der Waals surface area contributed by atoms with Gasteiger partial charge in [-0.1, -0.05) is 24.3 Å². The first kappa shape index (κ1) is 22.6. The Hall–Kier alpha value is -3.61. The van der Waals surface area contributed by atoms with E-state index in [9.17, 15) is 9.59 Å². The lowest BCUT2D eigenvalue weighted by atomic mass is 10.1. The van der Waals surface area contributed by atoms with Crippen LogP contribution < -0.4 is 10.2 Å². The van der Waals surface area contributed by atoms with Gasteiger partial charge in [-0.2, -0.15) is 5.10 Å². The number of hydrogen-bond acceptors (Lipinski definition) is 5. The molecule has 172 valence electrons. The Morgan fingerprint density at radius 1 is 1.00 bits per heavy atom. The van der Waals surface area contributed by atoms with Crippen molar-refractivity contribution in [1.82, 2.24) is 15.5 Å². The van der Waals surface area contributed by atoms with Crippen LogP contribution in [0.3, 0.4) is 0 Å². The summed E-state index contributed by atoms with van der Waals surface area (Å²) >= 11 is 0. The summed E-state index contributed by atoms with van der Waals surface area (Å²) < 4.78 is 4.86. The van der Waals surface area contributed by atoms with E-state index in [0.29, 0.717) is 12.2 Å². The fraction of sp³-hybridized carbons (Fsp3) is 0.346. The Morgan fingerprint density at radius 2 is 1.70 bits per heavy atom. The molecule has 1 aliphatic heterocycles. The second-order valence-electron chi connectivity index (χ2n) is 8.15. The van der Waals surface area contributed by atoms with Gasteiger partial charge in [0, 0.05) is 36.4 Å². The molecular weight excluding hydrogens is 416 g/mol.